The molecule has 1 spiro atoms. The molecular weight excluding hydrogens is 1050 g/mol. The summed E-state index contributed by atoms with van der Waals surface area (Å²) in [7, 11) is 1.61. The maximum Gasteiger partial charge on any atom is 0.408 e. The second-order valence-electron chi connectivity index (χ2n) is 21.4. The highest BCUT2D eigenvalue weighted by Crippen LogP contribution is 2.47. The Morgan fingerprint density at radius 3 is 2.31 bits per heavy atom. The molecule has 0 saturated carbocycles. The Balaban J connectivity index is 0.907. The predicted octanol–water partition coefficient (Wildman–Crippen LogP) is 8.74. The van der Waals surface area contributed by atoms with Crippen LogP contribution < -0.4 is 40.8 Å². The van der Waals surface area contributed by atoms with Crippen molar-refractivity contribution in [3.05, 3.63) is 126 Å². The van der Waals surface area contributed by atoms with Crippen molar-refractivity contribution in [1.82, 2.24) is 20.5 Å². The van der Waals surface area contributed by atoms with Gasteiger partial charge in [0.2, 0.25) is 6.10 Å². The zero-order valence-corrected chi connectivity index (χ0v) is 47.4. The largest absolute Gasteiger partial charge is 0.493 e. The summed E-state index contributed by atoms with van der Waals surface area (Å²) in [4.78, 5) is 62.9. The van der Waals surface area contributed by atoms with Crippen molar-refractivity contribution < 1.29 is 52.3 Å². The molecule has 18 nitrogen and oxygen atoms in total. The minimum Gasteiger partial charge on any atom is -0.493 e. The highest BCUT2D eigenvalue weighted by Gasteiger charge is 2.39. The standard InChI is InChI=1S/C62H76ClN7O11/c1-41(2)57(68-61(74)80-39-42-9-5-4-6-10-42)52(71)17-22-65-46-15-13-43(14-16-46)58(59(72)66-23-29-77-32-31-76-28-21-64)81-53-36-51-56(48-12-8-7-11-47(48)53)45(37-63)38-70(51)60(73)50-33-44-34-55(54(75-3)35-49(44)67-50)79-30-26-69-24-18-62(19-25-69)20-27-78-40-62/h4-16,33-36,41,45,57-58,65,67H,17-32,37-40,64H2,1-3H3,(H,66,72)(H,68,74)/t45-,57+,58?/m1/s1. The summed E-state index contributed by atoms with van der Waals surface area (Å²) in [6.45, 7) is 11.5. The number of alkyl halides is 1. The average molecular weight is 1130 g/mol. The molecule has 3 aliphatic rings. The molecule has 6 N–H and O–H groups in total. The number of benzene rings is 5. The van der Waals surface area contributed by atoms with Crippen LogP contribution in [0.15, 0.2) is 103 Å². The first-order valence-electron chi connectivity index (χ1n) is 28.2. The number of nitrogens with one attached hydrogen (secondary N) is 4. The number of nitrogens with two attached hydrogens (primary N) is 1. The lowest BCUT2D eigenvalue weighted by atomic mass is 9.78. The summed E-state index contributed by atoms with van der Waals surface area (Å²) in [6.07, 6.45) is 1.75. The van der Waals surface area contributed by atoms with Gasteiger partial charge < -0.3 is 64.7 Å². The Labute approximate surface area is 478 Å². The molecule has 19 heteroatoms. The maximum absolute atomic E-state index is 14.9. The molecule has 1 aromatic heterocycles. The van der Waals surface area contributed by atoms with E-state index in [0.717, 1.165) is 84.9 Å². The number of methoxy groups -OCH3 is 1. The van der Waals surface area contributed by atoms with E-state index in [2.05, 4.69) is 25.8 Å². The van der Waals surface area contributed by atoms with Crippen molar-refractivity contribution in [1.29, 1.82) is 0 Å². The van der Waals surface area contributed by atoms with E-state index in [1.807, 2.05) is 105 Å². The van der Waals surface area contributed by atoms with Gasteiger partial charge in [-0.25, -0.2) is 4.79 Å². The number of ether oxygens (including phenoxy) is 7. The number of rotatable bonds is 28. The van der Waals surface area contributed by atoms with Gasteiger partial charge in [0.05, 0.1) is 51.9 Å². The smallest absolute Gasteiger partial charge is 0.408 e. The zero-order chi connectivity index (χ0) is 56.7. The number of hydrogen-bond acceptors (Lipinski definition) is 14. The van der Waals surface area contributed by atoms with Crippen LogP contribution >= 0.6 is 11.6 Å². The van der Waals surface area contributed by atoms with Gasteiger partial charge in [0.1, 0.15) is 24.7 Å². The molecule has 6 aromatic rings. The fraction of sp³-hybridized carbons (Fsp3) is 0.452. The fourth-order valence-electron chi connectivity index (χ4n) is 11.0. The summed E-state index contributed by atoms with van der Waals surface area (Å²) < 4.78 is 41.3. The molecule has 3 aliphatic heterocycles. The molecule has 0 bridgehead atoms. The molecule has 4 heterocycles. The van der Waals surface area contributed by atoms with Gasteiger partial charge in [-0.2, -0.15) is 0 Å². The van der Waals surface area contributed by atoms with Crippen LogP contribution in [0.25, 0.3) is 21.7 Å². The molecule has 2 saturated heterocycles. The number of carbonyl (C=O) groups excluding carboxylic acids is 4. The summed E-state index contributed by atoms with van der Waals surface area (Å²) in [5.41, 5.74) is 10.6. The van der Waals surface area contributed by atoms with Crippen LogP contribution in [0.4, 0.5) is 16.2 Å². The van der Waals surface area contributed by atoms with E-state index in [1.165, 1.54) is 0 Å². The van der Waals surface area contributed by atoms with Gasteiger partial charge in [0.25, 0.3) is 11.8 Å². The van der Waals surface area contributed by atoms with Crippen molar-refractivity contribution in [2.45, 2.75) is 64.2 Å². The van der Waals surface area contributed by atoms with Crippen molar-refractivity contribution in [2.75, 3.05) is 115 Å². The number of Topliss-reactive ketones (excluding diaryl/α,β-unsaturated/α-hetero) is 1. The first-order chi connectivity index (χ1) is 39.5. The van der Waals surface area contributed by atoms with Crippen molar-refractivity contribution in [2.24, 2.45) is 17.1 Å². The second-order valence-corrected chi connectivity index (χ2v) is 21.7. The van der Waals surface area contributed by atoms with Gasteiger partial charge in [0.15, 0.2) is 17.3 Å². The number of amides is 3. The van der Waals surface area contributed by atoms with E-state index >= 15 is 0 Å². The third-order valence-corrected chi connectivity index (χ3v) is 15.9. The Kier molecular flexibility index (Phi) is 20.4. The molecular formula is C62H76ClN7O11. The topological polar surface area (TPSA) is 217 Å². The van der Waals surface area contributed by atoms with Gasteiger partial charge in [-0.05, 0) is 84.5 Å². The van der Waals surface area contributed by atoms with E-state index in [0.29, 0.717) is 84.8 Å². The van der Waals surface area contributed by atoms with Crippen molar-refractivity contribution in [3.8, 4) is 17.2 Å². The SMILES string of the molecule is COc1cc2[nH]c(C(=O)N3C[C@@H](CCl)c4c3cc(OC(C(=O)NCCOCCOCCN)c3ccc(NCCC(=O)[C@@H](NC(=O)OCc5ccccc5)C(C)C)cc3)c3ccccc43)cc2cc1OCCN1CCC2(CCOC2)CC1. The van der Waals surface area contributed by atoms with Gasteiger partial charge in [-0.3, -0.25) is 19.3 Å². The molecule has 9 rings (SSSR count). The summed E-state index contributed by atoms with van der Waals surface area (Å²) in [6, 6.07) is 31.1. The number of hydrogen-bond donors (Lipinski definition) is 5. The Hall–Kier alpha value is -6.93. The number of likely N-dealkylation sites (tertiary alicyclic amines) is 1. The van der Waals surface area contributed by atoms with E-state index in [-0.39, 0.29) is 62.1 Å². The molecule has 3 amide bonds. The molecule has 3 atom stereocenters. The molecule has 0 aliphatic carbocycles. The van der Waals surface area contributed by atoms with E-state index in [9.17, 15) is 19.2 Å². The number of nitrogens with zero attached hydrogens (tertiary/aromatic N) is 2. The Bertz CT molecular complexity index is 3070. The van der Waals surface area contributed by atoms with Crippen LogP contribution in [0.2, 0.25) is 0 Å². The summed E-state index contributed by atoms with van der Waals surface area (Å²) >= 11 is 6.74. The van der Waals surface area contributed by atoms with Gasteiger partial charge in [0, 0.05) is 97.2 Å². The first kappa shape index (κ1) is 58.7. The quantitative estimate of drug-likeness (QED) is 0.0229. The lowest BCUT2D eigenvalue weighted by Gasteiger charge is -2.38. The molecule has 0 radical (unpaired) electrons. The highest BCUT2D eigenvalue weighted by atomic mass is 35.5. The molecule has 1 unspecified atom stereocenters. The van der Waals surface area contributed by atoms with E-state index < -0.39 is 24.1 Å². The summed E-state index contributed by atoms with van der Waals surface area (Å²) in [5.74, 6) is 0.637. The van der Waals surface area contributed by atoms with Crippen LogP contribution in [-0.4, -0.2) is 145 Å². The fourth-order valence-corrected chi connectivity index (χ4v) is 11.2. The number of fused-ring (bicyclic) bond motifs is 4. The van der Waals surface area contributed by atoms with Crippen LogP contribution in [0, 0.1) is 11.3 Å². The Morgan fingerprint density at radius 2 is 1.59 bits per heavy atom. The summed E-state index contributed by atoms with van der Waals surface area (Å²) in [5, 5.41) is 11.4. The highest BCUT2D eigenvalue weighted by molar-refractivity contribution is 6.19. The average Bonchev–Trinajstić information content (AvgIpc) is 4.04. The maximum atomic E-state index is 14.9. The minimum absolute atomic E-state index is 0.0916. The van der Waals surface area contributed by atoms with Gasteiger partial charge in [-0.1, -0.05) is 80.6 Å². The number of piperidine rings is 1. The van der Waals surface area contributed by atoms with Crippen LogP contribution in [0.3, 0.4) is 0 Å². The number of anilines is 2. The minimum atomic E-state index is -1.15. The number of aromatic amines is 1. The number of aromatic nitrogens is 1. The number of halogens is 1. The number of H-pyrrole nitrogens is 1. The van der Waals surface area contributed by atoms with Crippen LogP contribution in [-0.2, 0) is 35.1 Å². The van der Waals surface area contributed by atoms with Crippen molar-refractivity contribution >= 4 is 68.3 Å². The lowest BCUT2D eigenvalue weighted by molar-refractivity contribution is -0.128. The van der Waals surface area contributed by atoms with Crippen molar-refractivity contribution in [3.63, 3.8) is 0 Å². The number of alkyl carbamates (subject to hydrolysis) is 1. The van der Waals surface area contributed by atoms with Crippen LogP contribution in [0.1, 0.15) is 78.7 Å². The van der Waals surface area contributed by atoms with Crippen LogP contribution in [0.5, 0.6) is 17.2 Å². The monoisotopic (exact) mass is 1130 g/mol. The third kappa shape index (κ3) is 14.8. The molecule has 81 heavy (non-hydrogen) atoms. The lowest BCUT2D eigenvalue weighted by Crippen LogP contribution is -2.45. The third-order valence-electron chi connectivity index (χ3n) is 15.5. The van der Waals surface area contributed by atoms with Gasteiger partial charge in [-0.15, -0.1) is 11.6 Å². The molecule has 432 valence electrons. The predicted molar refractivity (Wildman–Crippen MR) is 313 cm³/mol. The van der Waals surface area contributed by atoms with E-state index in [1.54, 1.807) is 24.1 Å². The zero-order valence-electron chi connectivity index (χ0n) is 46.6. The normalized spacial score (nSPS) is 16.6. The second kappa shape index (κ2) is 28.2. The number of ketones is 1. The number of carbonyl (C=O) groups is 4. The Morgan fingerprint density at radius 1 is 0.840 bits per heavy atom. The molecule has 2 fully saturated rings. The van der Waals surface area contributed by atoms with E-state index in [4.69, 9.17) is 50.5 Å². The molecule has 5 aromatic carbocycles. The van der Waals surface area contributed by atoms with Gasteiger partial charge >= 0.3 is 6.09 Å². The first-order valence-corrected chi connectivity index (χ1v) is 28.7.